The van der Waals surface area contributed by atoms with E-state index in [1.165, 1.54) is 37.8 Å². The summed E-state index contributed by atoms with van der Waals surface area (Å²) in [7, 11) is 0. The maximum Gasteiger partial charge on any atom is 0.0407 e. The quantitative estimate of drug-likeness (QED) is 0.903. The van der Waals surface area contributed by atoms with Crippen LogP contribution in [0.4, 0.5) is 5.69 Å². The molecule has 2 aliphatic rings. The number of benzene rings is 1. The summed E-state index contributed by atoms with van der Waals surface area (Å²) in [5.74, 6) is 0.748. The Morgan fingerprint density at radius 2 is 1.75 bits per heavy atom. The molecule has 1 aliphatic heterocycles. The largest absolute Gasteiger partial charge is 0.370 e. The molecule has 2 atom stereocenters. The summed E-state index contributed by atoms with van der Waals surface area (Å²) in [6, 6.07) is 9.68. The summed E-state index contributed by atoms with van der Waals surface area (Å²) in [5.41, 5.74) is 1.30. The highest BCUT2D eigenvalue weighted by atomic mass is 35.5. The van der Waals surface area contributed by atoms with E-state index in [2.05, 4.69) is 29.3 Å². The Kier molecular flexibility index (Phi) is 4.52. The number of rotatable bonds is 3. The monoisotopic (exact) mass is 292 g/mol. The van der Waals surface area contributed by atoms with Gasteiger partial charge in [-0.2, -0.15) is 0 Å². The highest BCUT2D eigenvalue weighted by Gasteiger charge is 2.27. The minimum Gasteiger partial charge on any atom is -0.370 e. The Hall–Kier alpha value is -0.730. The molecule has 0 aromatic heterocycles. The van der Waals surface area contributed by atoms with Crippen molar-refractivity contribution >= 4 is 17.3 Å². The average molecular weight is 293 g/mol. The van der Waals surface area contributed by atoms with Crippen molar-refractivity contribution in [3.63, 3.8) is 0 Å². The molecule has 2 nitrogen and oxygen atoms in total. The van der Waals surface area contributed by atoms with Crippen molar-refractivity contribution < 1.29 is 0 Å². The van der Waals surface area contributed by atoms with Crippen molar-refractivity contribution in [1.29, 1.82) is 0 Å². The molecule has 1 saturated carbocycles. The van der Waals surface area contributed by atoms with Crippen LogP contribution in [0.5, 0.6) is 0 Å². The fourth-order valence-electron chi connectivity index (χ4n) is 3.76. The number of nitrogens with one attached hydrogen (secondary N) is 1. The fraction of sp³-hybridized carbons (Fsp3) is 0.647. The molecule has 1 heterocycles. The molecule has 0 radical (unpaired) electrons. The van der Waals surface area contributed by atoms with Gasteiger partial charge in [-0.05, 0) is 49.4 Å². The molecule has 0 amide bonds. The van der Waals surface area contributed by atoms with Gasteiger partial charge in [0.2, 0.25) is 0 Å². The first-order valence-corrected chi connectivity index (χ1v) is 8.35. The molecule has 20 heavy (non-hydrogen) atoms. The summed E-state index contributed by atoms with van der Waals surface area (Å²) >= 11 is 5.99. The lowest BCUT2D eigenvalue weighted by Gasteiger charge is -2.39. The topological polar surface area (TPSA) is 15.3 Å². The van der Waals surface area contributed by atoms with Gasteiger partial charge in [-0.15, -0.1) is 0 Å². The normalized spacial score (nSPS) is 28.0. The van der Waals surface area contributed by atoms with Crippen molar-refractivity contribution in [3.8, 4) is 0 Å². The smallest absolute Gasteiger partial charge is 0.0407 e. The number of halogens is 1. The van der Waals surface area contributed by atoms with E-state index in [-0.39, 0.29) is 0 Å². The van der Waals surface area contributed by atoms with Gasteiger partial charge in [0.1, 0.15) is 0 Å². The Bertz CT molecular complexity index is 425. The third-order valence-electron chi connectivity index (χ3n) is 4.68. The molecule has 1 saturated heterocycles. The zero-order chi connectivity index (χ0) is 13.9. The second kappa shape index (κ2) is 6.36. The summed E-state index contributed by atoms with van der Waals surface area (Å²) < 4.78 is 0. The molecule has 110 valence electrons. The summed E-state index contributed by atoms with van der Waals surface area (Å²) in [5, 5.41) is 4.71. The fourth-order valence-corrected chi connectivity index (χ4v) is 3.89. The van der Waals surface area contributed by atoms with Crippen LogP contribution in [0.15, 0.2) is 24.3 Å². The lowest BCUT2D eigenvalue weighted by molar-refractivity contribution is 0.322. The molecule has 3 rings (SSSR count). The highest BCUT2D eigenvalue weighted by molar-refractivity contribution is 6.30. The standard InChI is InChI=1S/C17H25ClN2/c1-13-10-16(19-15-4-2-3-5-15)12-20(11-13)17-8-6-14(18)7-9-17/h6-9,13,15-16,19H,2-5,10-12H2,1H3. The lowest BCUT2D eigenvalue weighted by Crippen LogP contribution is -2.51. The Morgan fingerprint density at radius 1 is 1.05 bits per heavy atom. The van der Waals surface area contributed by atoms with Crippen LogP contribution in [0.25, 0.3) is 0 Å². The van der Waals surface area contributed by atoms with Crippen LogP contribution in [0.1, 0.15) is 39.0 Å². The third-order valence-corrected chi connectivity index (χ3v) is 4.93. The Morgan fingerprint density at radius 3 is 2.45 bits per heavy atom. The van der Waals surface area contributed by atoms with Gasteiger partial charge >= 0.3 is 0 Å². The zero-order valence-electron chi connectivity index (χ0n) is 12.3. The van der Waals surface area contributed by atoms with E-state index in [0.29, 0.717) is 6.04 Å². The average Bonchev–Trinajstić information content (AvgIpc) is 2.91. The van der Waals surface area contributed by atoms with E-state index < -0.39 is 0 Å². The minimum atomic E-state index is 0.637. The first-order valence-electron chi connectivity index (χ1n) is 7.97. The molecule has 3 heteroatoms. The number of hydrogen-bond donors (Lipinski definition) is 1. The van der Waals surface area contributed by atoms with Crippen LogP contribution in [-0.2, 0) is 0 Å². The molecule has 1 aliphatic carbocycles. The highest BCUT2D eigenvalue weighted by Crippen LogP contribution is 2.26. The summed E-state index contributed by atoms with van der Waals surface area (Å²) in [6.45, 7) is 4.65. The van der Waals surface area contributed by atoms with Crippen LogP contribution >= 0.6 is 11.6 Å². The van der Waals surface area contributed by atoms with E-state index in [9.17, 15) is 0 Å². The molecule has 1 aromatic carbocycles. The van der Waals surface area contributed by atoms with Crippen molar-refractivity contribution in [2.75, 3.05) is 18.0 Å². The van der Waals surface area contributed by atoms with Crippen LogP contribution in [0.3, 0.4) is 0 Å². The van der Waals surface area contributed by atoms with Crippen molar-refractivity contribution in [2.45, 2.75) is 51.1 Å². The lowest BCUT2D eigenvalue weighted by atomic mass is 9.94. The van der Waals surface area contributed by atoms with Gasteiger partial charge in [0.25, 0.3) is 0 Å². The van der Waals surface area contributed by atoms with Crippen molar-refractivity contribution in [1.82, 2.24) is 5.32 Å². The first-order chi connectivity index (χ1) is 9.70. The molecular formula is C17H25ClN2. The number of hydrogen-bond acceptors (Lipinski definition) is 2. The molecule has 1 aromatic rings. The Balaban J connectivity index is 1.64. The number of piperidine rings is 1. The summed E-state index contributed by atoms with van der Waals surface area (Å²) in [4.78, 5) is 2.51. The van der Waals surface area contributed by atoms with Crippen LogP contribution in [-0.4, -0.2) is 25.2 Å². The second-order valence-corrected chi connectivity index (χ2v) is 7.00. The molecule has 1 N–H and O–H groups in total. The van der Waals surface area contributed by atoms with Gasteiger partial charge in [0, 0.05) is 35.9 Å². The van der Waals surface area contributed by atoms with Gasteiger partial charge < -0.3 is 10.2 Å². The van der Waals surface area contributed by atoms with Gasteiger partial charge in [0.05, 0.1) is 0 Å². The first kappa shape index (κ1) is 14.2. The Labute approximate surface area is 127 Å². The number of anilines is 1. The maximum atomic E-state index is 5.99. The minimum absolute atomic E-state index is 0.637. The second-order valence-electron chi connectivity index (χ2n) is 6.57. The third kappa shape index (κ3) is 3.48. The molecule has 0 bridgehead atoms. The molecule has 2 fully saturated rings. The van der Waals surface area contributed by atoms with Gasteiger partial charge in [-0.25, -0.2) is 0 Å². The van der Waals surface area contributed by atoms with Gasteiger partial charge in [-0.1, -0.05) is 31.4 Å². The summed E-state index contributed by atoms with van der Waals surface area (Å²) in [6.07, 6.45) is 6.85. The molecular weight excluding hydrogens is 268 g/mol. The number of nitrogens with zero attached hydrogens (tertiary/aromatic N) is 1. The van der Waals surface area contributed by atoms with Crippen LogP contribution in [0.2, 0.25) is 5.02 Å². The maximum absolute atomic E-state index is 5.99. The molecule has 2 unspecified atom stereocenters. The van der Waals surface area contributed by atoms with Crippen LogP contribution in [0, 0.1) is 5.92 Å². The van der Waals surface area contributed by atoms with E-state index in [0.717, 1.165) is 30.1 Å². The van der Waals surface area contributed by atoms with E-state index in [4.69, 9.17) is 11.6 Å². The van der Waals surface area contributed by atoms with Crippen molar-refractivity contribution in [3.05, 3.63) is 29.3 Å². The van der Waals surface area contributed by atoms with Crippen molar-refractivity contribution in [2.24, 2.45) is 5.92 Å². The van der Waals surface area contributed by atoms with E-state index >= 15 is 0 Å². The SMILES string of the molecule is CC1CC(NC2CCCC2)CN(c2ccc(Cl)cc2)C1. The van der Waals surface area contributed by atoms with Crippen LogP contribution < -0.4 is 10.2 Å². The van der Waals surface area contributed by atoms with Gasteiger partial charge in [-0.3, -0.25) is 0 Å². The molecule has 0 spiro atoms. The van der Waals surface area contributed by atoms with E-state index in [1.54, 1.807) is 0 Å². The zero-order valence-corrected chi connectivity index (χ0v) is 13.1. The van der Waals surface area contributed by atoms with Gasteiger partial charge in [0.15, 0.2) is 0 Å². The predicted octanol–water partition coefficient (Wildman–Crippen LogP) is 4.09. The predicted molar refractivity (Wildman–Crippen MR) is 86.6 cm³/mol. The van der Waals surface area contributed by atoms with E-state index in [1.807, 2.05) is 12.1 Å².